The van der Waals surface area contributed by atoms with E-state index in [1.54, 1.807) is 0 Å². The molecule has 12 heteroatoms. The molecule has 0 radical (unpaired) electrons. The van der Waals surface area contributed by atoms with Gasteiger partial charge in [-0.25, -0.2) is 4.79 Å². The standard InChI is InChI=1S/C59H104O12/c1-4-7-10-13-16-19-22-24-25-26-27-29-31-33-36-39-42-45-51(60)67-48-50(69-52(61)46-43-40-37-34-30-21-18-15-12-9-6-3)49-68-59-57(55(64)54(63)56(71-59)58(65)66)70-53(62)47-44-41-38-35-32-28-23-20-17-14-11-8-5-2/h15,18,20,23-25,50,54-57,59,63-64H,4-14,16-17,19,21-22,26-49H2,1-3H3,(H,65,66)/b18-15-,23-20-,25-24-. The predicted molar refractivity (Wildman–Crippen MR) is 285 cm³/mol. The van der Waals surface area contributed by atoms with Gasteiger partial charge >= 0.3 is 23.9 Å². The van der Waals surface area contributed by atoms with Gasteiger partial charge in [-0.05, 0) is 89.9 Å². The molecule has 1 heterocycles. The Morgan fingerprint density at radius 1 is 0.451 bits per heavy atom. The van der Waals surface area contributed by atoms with E-state index >= 15 is 0 Å². The zero-order chi connectivity index (χ0) is 51.8. The van der Waals surface area contributed by atoms with Gasteiger partial charge in [0.25, 0.3) is 0 Å². The van der Waals surface area contributed by atoms with Gasteiger partial charge in [0.1, 0.15) is 18.8 Å². The molecule has 0 aliphatic carbocycles. The molecule has 1 rings (SSSR count). The second kappa shape index (κ2) is 47.9. The zero-order valence-electron chi connectivity index (χ0n) is 45.2. The Hall–Kier alpha value is -3.06. The average molecular weight is 1010 g/mol. The third-order valence-electron chi connectivity index (χ3n) is 13.2. The summed E-state index contributed by atoms with van der Waals surface area (Å²) in [5, 5.41) is 31.4. The Balaban J connectivity index is 2.68. The molecule has 0 amide bonds. The lowest BCUT2D eigenvalue weighted by Gasteiger charge is -2.40. The molecule has 0 spiro atoms. The third-order valence-corrected chi connectivity index (χ3v) is 13.2. The van der Waals surface area contributed by atoms with E-state index in [1.165, 1.54) is 103 Å². The number of carboxylic acid groups (broad SMARTS) is 1. The van der Waals surface area contributed by atoms with Crippen LogP contribution >= 0.6 is 0 Å². The first kappa shape index (κ1) is 66.0. The Kier molecular flexibility index (Phi) is 44.5. The van der Waals surface area contributed by atoms with Crippen molar-refractivity contribution < 1.29 is 58.2 Å². The summed E-state index contributed by atoms with van der Waals surface area (Å²) in [5.74, 6) is -3.13. The van der Waals surface area contributed by atoms with Crippen LogP contribution in [0.3, 0.4) is 0 Å². The highest BCUT2D eigenvalue weighted by Gasteiger charge is 2.50. The number of unbranched alkanes of at least 4 members (excludes halogenated alkanes) is 29. The van der Waals surface area contributed by atoms with E-state index in [9.17, 15) is 34.5 Å². The lowest BCUT2D eigenvalue weighted by molar-refractivity contribution is -0.301. The number of hydrogen-bond donors (Lipinski definition) is 3. The molecule has 0 aromatic rings. The first-order chi connectivity index (χ1) is 34.6. The van der Waals surface area contributed by atoms with Crippen LogP contribution in [0.5, 0.6) is 0 Å². The minimum Gasteiger partial charge on any atom is -0.479 e. The van der Waals surface area contributed by atoms with Gasteiger partial charge in [0.15, 0.2) is 24.6 Å². The van der Waals surface area contributed by atoms with Gasteiger partial charge in [0.2, 0.25) is 0 Å². The number of allylic oxidation sites excluding steroid dienone is 6. The molecule has 12 nitrogen and oxygen atoms in total. The summed E-state index contributed by atoms with van der Waals surface area (Å²) in [6.07, 6.45) is 42.7. The summed E-state index contributed by atoms with van der Waals surface area (Å²) in [6.45, 7) is 5.92. The normalized spacial score (nSPS) is 18.7. The predicted octanol–water partition coefficient (Wildman–Crippen LogP) is 14.5. The maximum Gasteiger partial charge on any atom is 0.335 e. The molecule has 0 aromatic heterocycles. The fourth-order valence-corrected chi connectivity index (χ4v) is 8.63. The minimum atomic E-state index is -1.90. The molecule has 412 valence electrons. The van der Waals surface area contributed by atoms with Gasteiger partial charge in [0.05, 0.1) is 6.61 Å². The number of ether oxygens (including phenoxy) is 5. The SMILES string of the molecule is CCCC/C=C\CCCCCCCC(=O)OC(COC(=O)CCCCCCCCC/C=C\CCCCCCCC)COC1OC(C(=O)O)C(O)C(O)C1OC(=O)CCCCCCC/C=C\CCCCCC. The fourth-order valence-electron chi connectivity index (χ4n) is 8.63. The molecular weight excluding hydrogens is 901 g/mol. The number of carbonyl (C=O) groups is 4. The molecule has 0 bridgehead atoms. The van der Waals surface area contributed by atoms with Gasteiger partial charge < -0.3 is 39.0 Å². The van der Waals surface area contributed by atoms with Crippen molar-refractivity contribution in [3.8, 4) is 0 Å². The van der Waals surface area contributed by atoms with Crippen LogP contribution in [0.4, 0.5) is 0 Å². The highest BCUT2D eigenvalue weighted by Crippen LogP contribution is 2.26. The van der Waals surface area contributed by atoms with Gasteiger partial charge in [-0.2, -0.15) is 0 Å². The number of aliphatic carboxylic acids is 1. The van der Waals surface area contributed by atoms with Crippen LogP contribution in [0.2, 0.25) is 0 Å². The molecule has 1 aliphatic rings. The van der Waals surface area contributed by atoms with Crippen LogP contribution in [-0.4, -0.2) is 89.2 Å². The maximum absolute atomic E-state index is 13.1. The van der Waals surface area contributed by atoms with Crippen molar-refractivity contribution in [2.45, 2.75) is 302 Å². The molecule has 6 unspecified atom stereocenters. The lowest BCUT2D eigenvalue weighted by atomic mass is 9.98. The van der Waals surface area contributed by atoms with Crippen LogP contribution in [0, 0.1) is 0 Å². The van der Waals surface area contributed by atoms with Crippen molar-refractivity contribution in [2.24, 2.45) is 0 Å². The van der Waals surface area contributed by atoms with Crippen LogP contribution in [-0.2, 0) is 42.9 Å². The summed E-state index contributed by atoms with van der Waals surface area (Å²) in [6, 6.07) is 0. The number of aliphatic hydroxyl groups is 2. The Labute approximate surface area is 431 Å². The van der Waals surface area contributed by atoms with Crippen molar-refractivity contribution in [1.82, 2.24) is 0 Å². The van der Waals surface area contributed by atoms with E-state index in [0.717, 1.165) is 103 Å². The molecular formula is C59H104O12. The smallest absolute Gasteiger partial charge is 0.335 e. The van der Waals surface area contributed by atoms with Crippen molar-refractivity contribution in [1.29, 1.82) is 0 Å². The number of carboxylic acids is 1. The van der Waals surface area contributed by atoms with Crippen molar-refractivity contribution in [3.63, 3.8) is 0 Å². The van der Waals surface area contributed by atoms with E-state index in [-0.39, 0.29) is 25.9 Å². The Bertz CT molecular complexity index is 1380. The van der Waals surface area contributed by atoms with E-state index in [2.05, 4.69) is 57.2 Å². The van der Waals surface area contributed by atoms with Gasteiger partial charge in [-0.3, -0.25) is 14.4 Å². The van der Waals surface area contributed by atoms with Crippen LogP contribution in [0.25, 0.3) is 0 Å². The van der Waals surface area contributed by atoms with Gasteiger partial charge in [-0.1, -0.05) is 192 Å². The van der Waals surface area contributed by atoms with Crippen LogP contribution in [0.1, 0.15) is 265 Å². The van der Waals surface area contributed by atoms with Crippen molar-refractivity contribution in [2.75, 3.05) is 13.2 Å². The zero-order valence-corrected chi connectivity index (χ0v) is 45.2. The highest BCUT2D eigenvalue weighted by molar-refractivity contribution is 5.74. The maximum atomic E-state index is 13.1. The molecule has 71 heavy (non-hydrogen) atoms. The summed E-state index contributed by atoms with van der Waals surface area (Å²) in [4.78, 5) is 51.0. The Morgan fingerprint density at radius 3 is 1.25 bits per heavy atom. The fraction of sp³-hybridized carbons (Fsp3) is 0.831. The van der Waals surface area contributed by atoms with E-state index in [4.69, 9.17) is 23.7 Å². The monoisotopic (exact) mass is 1000 g/mol. The van der Waals surface area contributed by atoms with Gasteiger partial charge in [-0.15, -0.1) is 0 Å². The molecule has 1 aliphatic heterocycles. The second-order valence-electron chi connectivity index (χ2n) is 19.9. The molecule has 6 atom stereocenters. The largest absolute Gasteiger partial charge is 0.479 e. The topological polar surface area (TPSA) is 175 Å². The summed E-state index contributed by atoms with van der Waals surface area (Å²) >= 11 is 0. The van der Waals surface area contributed by atoms with E-state index in [1.807, 2.05) is 0 Å². The molecule has 1 fully saturated rings. The third kappa shape index (κ3) is 38.2. The van der Waals surface area contributed by atoms with E-state index < -0.39 is 67.3 Å². The number of hydrogen-bond acceptors (Lipinski definition) is 11. The second-order valence-corrected chi connectivity index (χ2v) is 19.9. The van der Waals surface area contributed by atoms with Gasteiger partial charge in [0, 0.05) is 19.3 Å². The summed E-state index contributed by atoms with van der Waals surface area (Å²) in [7, 11) is 0. The first-order valence-corrected chi connectivity index (χ1v) is 29.0. The highest BCUT2D eigenvalue weighted by atomic mass is 16.7. The average Bonchev–Trinajstić information content (AvgIpc) is 3.35. The molecule has 1 saturated heterocycles. The van der Waals surface area contributed by atoms with Crippen LogP contribution in [0.15, 0.2) is 36.5 Å². The number of aliphatic hydroxyl groups excluding tert-OH is 2. The summed E-state index contributed by atoms with van der Waals surface area (Å²) in [5.41, 5.74) is 0. The molecule has 0 aromatic carbocycles. The summed E-state index contributed by atoms with van der Waals surface area (Å²) < 4.78 is 28.4. The van der Waals surface area contributed by atoms with Crippen molar-refractivity contribution >= 4 is 23.9 Å². The first-order valence-electron chi connectivity index (χ1n) is 29.0. The van der Waals surface area contributed by atoms with Crippen LogP contribution < -0.4 is 0 Å². The quantitative estimate of drug-likeness (QED) is 0.0228. The molecule has 0 saturated carbocycles. The lowest BCUT2D eigenvalue weighted by Crippen LogP contribution is -2.61. The van der Waals surface area contributed by atoms with Crippen molar-refractivity contribution in [3.05, 3.63) is 36.5 Å². The number of carbonyl (C=O) groups excluding carboxylic acids is 3. The number of esters is 3. The number of rotatable bonds is 49. The minimum absolute atomic E-state index is 0.0512. The Morgan fingerprint density at radius 2 is 0.817 bits per heavy atom. The van der Waals surface area contributed by atoms with E-state index in [0.29, 0.717) is 19.3 Å². The molecule has 3 N–H and O–H groups in total.